The van der Waals surface area contributed by atoms with Crippen molar-refractivity contribution in [1.82, 2.24) is 0 Å². The summed E-state index contributed by atoms with van der Waals surface area (Å²) in [6.45, 7) is 1.61. The first kappa shape index (κ1) is 15.8. The lowest BCUT2D eigenvalue weighted by molar-refractivity contribution is -0.268. The zero-order chi connectivity index (χ0) is 15.4. The second-order valence-corrected chi connectivity index (χ2v) is 4.94. The maximum absolute atomic E-state index is 9.87. The molecule has 0 radical (unpaired) electrons. The Labute approximate surface area is 123 Å². The van der Waals surface area contributed by atoms with E-state index in [9.17, 15) is 15.3 Å². The fourth-order valence-corrected chi connectivity index (χ4v) is 2.06. The van der Waals surface area contributed by atoms with Crippen molar-refractivity contribution < 1.29 is 24.8 Å². The Hall–Kier alpha value is -1.60. The fourth-order valence-electron chi connectivity index (χ4n) is 2.06. The van der Waals surface area contributed by atoms with Gasteiger partial charge in [-0.1, -0.05) is 18.2 Å². The summed E-state index contributed by atoms with van der Waals surface area (Å²) in [4.78, 5) is 0. The van der Waals surface area contributed by atoms with E-state index < -0.39 is 30.7 Å². The molecule has 21 heavy (non-hydrogen) atoms. The average Bonchev–Trinajstić information content (AvgIpc) is 2.50. The molecule has 2 rings (SSSR count). The Bertz CT molecular complexity index is 475. The van der Waals surface area contributed by atoms with Gasteiger partial charge in [-0.15, -0.1) is 7.05 Å². The summed E-state index contributed by atoms with van der Waals surface area (Å²) < 4.78 is 10.9. The van der Waals surface area contributed by atoms with Crippen molar-refractivity contribution in [3.05, 3.63) is 41.3 Å². The normalized spacial score (nSPS) is 33.1. The van der Waals surface area contributed by atoms with Gasteiger partial charge in [-0.05, 0) is 24.6 Å². The quantitative estimate of drug-likeness (QED) is 0.766. The minimum Gasteiger partial charge on any atom is -0.693 e. The molecular weight excluding hydrogens is 274 g/mol. The van der Waals surface area contributed by atoms with Crippen LogP contribution in [-0.4, -0.2) is 53.1 Å². The van der Waals surface area contributed by atoms with Crippen LogP contribution in [0.2, 0.25) is 0 Å². The van der Waals surface area contributed by atoms with Crippen molar-refractivity contribution in [1.29, 1.82) is 0 Å². The fraction of sp³-hybridized carbons (Fsp3) is 0.467. The molecule has 1 heterocycles. The van der Waals surface area contributed by atoms with Crippen molar-refractivity contribution >= 4 is 6.08 Å². The first-order chi connectivity index (χ1) is 10.0. The zero-order valence-corrected chi connectivity index (χ0v) is 12.0. The van der Waals surface area contributed by atoms with Crippen LogP contribution in [0.1, 0.15) is 12.5 Å². The van der Waals surface area contributed by atoms with Gasteiger partial charge in [0.25, 0.3) is 0 Å². The summed E-state index contributed by atoms with van der Waals surface area (Å²) in [5.74, 6) is 0.500. The lowest BCUT2D eigenvalue weighted by Gasteiger charge is -2.38. The molecule has 1 aliphatic heterocycles. The van der Waals surface area contributed by atoms with Crippen molar-refractivity contribution in [2.75, 3.05) is 7.05 Å². The molecule has 1 aromatic carbocycles. The molecule has 1 saturated heterocycles. The van der Waals surface area contributed by atoms with Gasteiger partial charge in [0, 0.05) is 0 Å². The maximum atomic E-state index is 9.87. The predicted molar refractivity (Wildman–Crippen MR) is 77.7 cm³/mol. The van der Waals surface area contributed by atoms with Crippen LogP contribution in [0.25, 0.3) is 11.4 Å². The molecule has 1 aliphatic rings. The Balaban J connectivity index is 2.02. The molecule has 0 amide bonds. The van der Waals surface area contributed by atoms with Crippen LogP contribution in [0.4, 0.5) is 0 Å². The van der Waals surface area contributed by atoms with E-state index in [1.807, 2.05) is 18.2 Å². The Morgan fingerprint density at radius 3 is 2.38 bits per heavy atom. The zero-order valence-electron chi connectivity index (χ0n) is 12.0. The van der Waals surface area contributed by atoms with E-state index in [1.54, 1.807) is 32.3 Å². The van der Waals surface area contributed by atoms with Gasteiger partial charge in [-0.25, -0.2) is 0 Å². The number of ether oxygens (including phenoxy) is 2. The molecule has 1 fully saturated rings. The van der Waals surface area contributed by atoms with Gasteiger partial charge >= 0.3 is 0 Å². The molecule has 0 aromatic heterocycles. The summed E-state index contributed by atoms with van der Waals surface area (Å²) in [7, 11) is 1.69. The second kappa shape index (κ2) is 6.91. The van der Waals surface area contributed by atoms with E-state index in [1.165, 1.54) is 0 Å². The highest BCUT2D eigenvalue weighted by Crippen LogP contribution is 2.24. The number of hydrogen-bond donors (Lipinski definition) is 3. The van der Waals surface area contributed by atoms with Crippen LogP contribution in [-0.2, 0) is 4.74 Å². The number of hydrogen-bond acceptors (Lipinski definition) is 5. The topological polar surface area (TPSA) is 93.3 Å². The largest absolute Gasteiger partial charge is 0.693 e. The van der Waals surface area contributed by atoms with E-state index >= 15 is 0 Å². The lowest BCUT2D eigenvalue weighted by atomic mass is 10.00. The second-order valence-electron chi connectivity index (χ2n) is 4.94. The number of aliphatic hydroxyl groups excluding tert-OH is 3. The van der Waals surface area contributed by atoms with Crippen LogP contribution in [0.15, 0.2) is 30.5 Å². The molecule has 5 unspecified atom stereocenters. The van der Waals surface area contributed by atoms with Gasteiger partial charge in [0.15, 0.2) is 0 Å². The third-order valence-corrected chi connectivity index (χ3v) is 3.36. The number of benzene rings is 1. The molecule has 0 saturated carbocycles. The summed E-state index contributed by atoms with van der Waals surface area (Å²) in [5, 5.41) is 33.1. The molecule has 0 bridgehead atoms. The molecule has 0 aliphatic carbocycles. The third-order valence-electron chi connectivity index (χ3n) is 3.36. The van der Waals surface area contributed by atoms with E-state index in [2.05, 4.69) is 5.32 Å². The SMILES string of the molecule is C[N-]C=Cc1ccc(OC2OC(C)C(O)C(O)C2O)cc1. The van der Waals surface area contributed by atoms with Crippen LogP contribution in [0.5, 0.6) is 5.75 Å². The van der Waals surface area contributed by atoms with E-state index in [4.69, 9.17) is 9.47 Å². The first-order valence-electron chi connectivity index (χ1n) is 6.75. The first-order valence-corrected chi connectivity index (χ1v) is 6.75. The summed E-state index contributed by atoms with van der Waals surface area (Å²) in [5.41, 5.74) is 0.960. The molecule has 0 spiro atoms. The summed E-state index contributed by atoms with van der Waals surface area (Å²) >= 11 is 0. The van der Waals surface area contributed by atoms with Gasteiger partial charge in [0.2, 0.25) is 6.29 Å². The van der Waals surface area contributed by atoms with Gasteiger partial charge in [0.05, 0.1) is 6.10 Å². The molecular formula is C15H20NO5-. The monoisotopic (exact) mass is 294 g/mol. The predicted octanol–water partition coefficient (Wildman–Crippen LogP) is 0.867. The summed E-state index contributed by atoms with van der Waals surface area (Å²) in [6, 6.07) is 7.13. The minimum absolute atomic E-state index is 0.500. The van der Waals surface area contributed by atoms with Crippen molar-refractivity contribution in [3.8, 4) is 5.75 Å². The molecule has 116 valence electrons. The molecule has 6 nitrogen and oxygen atoms in total. The van der Waals surface area contributed by atoms with Crippen molar-refractivity contribution in [2.45, 2.75) is 37.6 Å². The highest BCUT2D eigenvalue weighted by molar-refractivity contribution is 5.51. The summed E-state index contributed by atoms with van der Waals surface area (Å²) in [6.07, 6.45) is -1.86. The van der Waals surface area contributed by atoms with E-state index in [-0.39, 0.29) is 0 Å². The average molecular weight is 294 g/mol. The van der Waals surface area contributed by atoms with Crippen LogP contribution in [0.3, 0.4) is 0 Å². The molecule has 5 atom stereocenters. The standard InChI is InChI=1S/C15H20NO5/c1-9-12(17)13(18)14(19)15(20-9)21-11-5-3-10(4-6-11)7-8-16-2/h3-9,12-15,17-19H,1-2H3/q-1. The van der Waals surface area contributed by atoms with Crippen LogP contribution < -0.4 is 4.74 Å². The minimum atomic E-state index is -1.31. The van der Waals surface area contributed by atoms with E-state index in [0.29, 0.717) is 5.75 Å². The smallest absolute Gasteiger partial charge is 0.229 e. The number of aliphatic hydroxyl groups is 3. The van der Waals surface area contributed by atoms with Crippen LogP contribution >= 0.6 is 0 Å². The molecule has 6 heteroatoms. The van der Waals surface area contributed by atoms with Gasteiger partial charge in [0.1, 0.15) is 24.1 Å². The Kier molecular flexibility index (Phi) is 5.19. The Morgan fingerprint density at radius 2 is 1.76 bits per heavy atom. The van der Waals surface area contributed by atoms with Gasteiger partial charge in [-0.2, -0.15) is 6.20 Å². The van der Waals surface area contributed by atoms with Crippen molar-refractivity contribution in [2.24, 2.45) is 0 Å². The molecule has 1 aromatic rings. The highest BCUT2D eigenvalue weighted by Gasteiger charge is 2.43. The highest BCUT2D eigenvalue weighted by atomic mass is 16.7. The van der Waals surface area contributed by atoms with Gasteiger partial charge in [-0.3, -0.25) is 0 Å². The van der Waals surface area contributed by atoms with Crippen molar-refractivity contribution in [3.63, 3.8) is 0 Å². The molecule has 3 N–H and O–H groups in total. The number of rotatable bonds is 4. The maximum Gasteiger partial charge on any atom is 0.229 e. The third kappa shape index (κ3) is 3.74. The number of nitrogens with zero attached hydrogens (tertiary/aromatic N) is 1. The Morgan fingerprint density at radius 1 is 1.10 bits per heavy atom. The van der Waals surface area contributed by atoms with Gasteiger partial charge < -0.3 is 30.1 Å². The van der Waals surface area contributed by atoms with E-state index in [0.717, 1.165) is 5.56 Å². The van der Waals surface area contributed by atoms with Crippen LogP contribution in [0, 0.1) is 0 Å². The lowest BCUT2D eigenvalue weighted by Crippen LogP contribution is -2.58.